The average molecular weight is 199 g/mol. The van der Waals surface area contributed by atoms with Gasteiger partial charge in [-0.15, -0.1) is 11.3 Å². The van der Waals surface area contributed by atoms with Gasteiger partial charge in [-0.25, -0.2) is 4.98 Å². The van der Waals surface area contributed by atoms with Crippen LogP contribution in [0.5, 0.6) is 0 Å². The van der Waals surface area contributed by atoms with Crippen LogP contribution >= 0.6 is 11.3 Å². The minimum absolute atomic E-state index is 0.0787. The van der Waals surface area contributed by atoms with Crippen molar-refractivity contribution in [2.45, 2.75) is 19.4 Å². The highest BCUT2D eigenvalue weighted by molar-refractivity contribution is 7.13. The van der Waals surface area contributed by atoms with Gasteiger partial charge >= 0.3 is 0 Å². The minimum Gasteiger partial charge on any atom is -0.307 e. The molecule has 1 rings (SSSR count). The Labute approximate surface area is 81.4 Å². The Morgan fingerprint density at radius 1 is 1.62 bits per heavy atom. The molecular weight excluding hydrogens is 186 g/mol. The normalized spacial score (nSPS) is 11.3. The van der Waals surface area contributed by atoms with Gasteiger partial charge in [-0.1, -0.05) is 0 Å². The van der Waals surface area contributed by atoms with Crippen molar-refractivity contribution in [3.05, 3.63) is 11.6 Å². The fourth-order valence-corrected chi connectivity index (χ4v) is 1.18. The summed E-state index contributed by atoms with van der Waals surface area (Å²) in [6, 6.07) is 0. The van der Waals surface area contributed by atoms with Crippen molar-refractivity contribution in [3.63, 3.8) is 0 Å². The Kier molecular flexibility index (Phi) is 3.00. The SMILES string of the molecule is CNC(C)(C)C(=O)Nc1nccs1. The Morgan fingerprint density at radius 2 is 2.31 bits per heavy atom. The third-order valence-corrected chi connectivity index (χ3v) is 2.53. The van der Waals surface area contributed by atoms with E-state index >= 15 is 0 Å². The molecule has 0 unspecified atom stereocenters. The van der Waals surface area contributed by atoms with Crippen LogP contribution in [0.15, 0.2) is 11.6 Å². The summed E-state index contributed by atoms with van der Waals surface area (Å²) in [5.41, 5.74) is -0.564. The van der Waals surface area contributed by atoms with Crippen LogP contribution in [-0.2, 0) is 4.79 Å². The summed E-state index contributed by atoms with van der Waals surface area (Å²) in [6.45, 7) is 3.63. The van der Waals surface area contributed by atoms with E-state index in [-0.39, 0.29) is 5.91 Å². The van der Waals surface area contributed by atoms with E-state index in [1.54, 1.807) is 13.2 Å². The fraction of sp³-hybridized carbons (Fsp3) is 0.500. The highest BCUT2D eigenvalue weighted by Gasteiger charge is 2.25. The number of amides is 1. The van der Waals surface area contributed by atoms with Gasteiger partial charge < -0.3 is 10.6 Å². The number of carbonyl (C=O) groups excluding carboxylic acids is 1. The van der Waals surface area contributed by atoms with Crippen molar-refractivity contribution in [2.75, 3.05) is 12.4 Å². The van der Waals surface area contributed by atoms with Crippen LogP contribution in [0.3, 0.4) is 0 Å². The first-order valence-corrected chi connectivity index (χ1v) is 4.84. The zero-order valence-electron chi connectivity index (χ0n) is 7.92. The van der Waals surface area contributed by atoms with Crippen LogP contribution in [0.2, 0.25) is 0 Å². The summed E-state index contributed by atoms with van der Waals surface area (Å²) in [5, 5.41) is 8.09. The number of rotatable bonds is 3. The molecule has 0 aliphatic carbocycles. The molecule has 0 saturated carbocycles. The number of nitrogens with zero attached hydrogens (tertiary/aromatic N) is 1. The lowest BCUT2D eigenvalue weighted by atomic mass is 10.1. The van der Waals surface area contributed by atoms with Crippen molar-refractivity contribution in [1.29, 1.82) is 0 Å². The van der Waals surface area contributed by atoms with Gasteiger partial charge in [-0.2, -0.15) is 0 Å². The molecule has 0 atom stereocenters. The van der Waals surface area contributed by atoms with Crippen molar-refractivity contribution >= 4 is 22.4 Å². The molecule has 0 spiro atoms. The number of anilines is 1. The third-order valence-electron chi connectivity index (χ3n) is 1.85. The smallest absolute Gasteiger partial charge is 0.245 e. The number of likely N-dealkylation sites (N-methyl/N-ethyl adjacent to an activating group) is 1. The summed E-state index contributed by atoms with van der Waals surface area (Å²) < 4.78 is 0. The number of thiazole rings is 1. The minimum atomic E-state index is -0.564. The lowest BCUT2D eigenvalue weighted by Gasteiger charge is -2.21. The predicted molar refractivity (Wildman–Crippen MR) is 53.9 cm³/mol. The number of hydrogen-bond acceptors (Lipinski definition) is 4. The standard InChI is InChI=1S/C8H13N3OS/c1-8(2,9-3)6(12)11-7-10-4-5-13-7/h4-5,9H,1-3H3,(H,10,11,12). The maximum absolute atomic E-state index is 11.6. The maximum atomic E-state index is 11.6. The van der Waals surface area contributed by atoms with Crippen molar-refractivity contribution in [2.24, 2.45) is 0 Å². The number of aromatic nitrogens is 1. The Balaban J connectivity index is 2.61. The van der Waals surface area contributed by atoms with Gasteiger partial charge in [-0.3, -0.25) is 4.79 Å². The molecule has 0 fully saturated rings. The molecule has 1 heterocycles. The Morgan fingerprint density at radius 3 is 2.77 bits per heavy atom. The van der Waals surface area contributed by atoms with Crippen molar-refractivity contribution in [1.82, 2.24) is 10.3 Å². The van der Waals surface area contributed by atoms with Gasteiger partial charge in [0.2, 0.25) is 5.91 Å². The lowest BCUT2D eigenvalue weighted by Crippen LogP contribution is -2.47. The summed E-state index contributed by atoms with van der Waals surface area (Å²) in [6.07, 6.45) is 1.66. The first-order chi connectivity index (χ1) is 6.06. The van der Waals surface area contributed by atoms with Gasteiger partial charge in [0, 0.05) is 11.6 Å². The van der Waals surface area contributed by atoms with Crippen LogP contribution in [-0.4, -0.2) is 23.5 Å². The maximum Gasteiger partial charge on any atom is 0.245 e. The lowest BCUT2D eigenvalue weighted by molar-refractivity contribution is -0.121. The summed E-state index contributed by atoms with van der Waals surface area (Å²) >= 11 is 1.41. The molecule has 0 aliphatic rings. The van der Waals surface area contributed by atoms with Crippen LogP contribution in [0.25, 0.3) is 0 Å². The molecule has 0 saturated heterocycles. The van der Waals surface area contributed by atoms with Crippen LogP contribution in [0, 0.1) is 0 Å². The molecular formula is C8H13N3OS. The molecule has 4 nitrogen and oxygen atoms in total. The zero-order chi connectivity index (χ0) is 9.90. The van der Waals surface area contributed by atoms with Crippen LogP contribution in [0.4, 0.5) is 5.13 Å². The fourth-order valence-electron chi connectivity index (χ4n) is 0.652. The number of carbonyl (C=O) groups is 1. The topological polar surface area (TPSA) is 54.0 Å². The zero-order valence-corrected chi connectivity index (χ0v) is 8.73. The highest BCUT2D eigenvalue weighted by atomic mass is 32.1. The van der Waals surface area contributed by atoms with E-state index in [2.05, 4.69) is 15.6 Å². The monoisotopic (exact) mass is 199 g/mol. The second-order valence-electron chi connectivity index (χ2n) is 3.17. The molecule has 13 heavy (non-hydrogen) atoms. The van der Waals surface area contributed by atoms with Gasteiger partial charge in [0.05, 0.1) is 5.54 Å². The van der Waals surface area contributed by atoms with Gasteiger partial charge in [0.1, 0.15) is 0 Å². The van der Waals surface area contributed by atoms with Gasteiger partial charge in [-0.05, 0) is 20.9 Å². The second kappa shape index (κ2) is 3.85. The Hall–Kier alpha value is -0.940. The highest BCUT2D eigenvalue weighted by Crippen LogP contribution is 2.12. The van der Waals surface area contributed by atoms with Crippen molar-refractivity contribution in [3.8, 4) is 0 Å². The molecule has 2 N–H and O–H groups in total. The van der Waals surface area contributed by atoms with Gasteiger partial charge in [0.15, 0.2) is 5.13 Å². The quantitative estimate of drug-likeness (QED) is 0.766. The summed E-state index contributed by atoms with van der Waals surface area (Å²) in [5.74, 6) is -0.0787. The average Bonchev–Trinajstić information content (AvgIpc) is 2.57. The summed E-state index contributed by atoms with van der Waals surface area (Å²) in [4.78, 5) is 15.5. The van der Waals surface area contributed by atoms with Gasteiger partial charge in [0.25, 0.3) is 0 Å². The van der Waals surface area contributed by atoms with E-state index in [0.717, 1.165) is 0 Å². The van der Waals surface area contributed by atoms with E-state index < -0.39 is 5.54 Å². The molecule has 5 heteroatoms. The van der Waals surface area contributed by atoms with E-state index in [9.17, 15) is 4.79 Å². The van der Waals surface area contributed by atoms with E-state index in [1.165, 1.54) is 11.3 Å². The van der Waals surface area contributed by atoms with E-state index in [0.29, 0.717) is 5.13 Å². The number of hydrogen-bond donors (Lipinski definition) is 2. The second-order valence-corrected chi connectivity index (χ2v) is 4.06. The molecule has 1 aromatic rings. The number of nitrogens with one attached hydrogen (secondary N) is 2. The first-order valence-electron chi connectivity index (χ1n) is 3.96. The largest absolute Gasteiger partial charge is 0.307 e. The molecule has 1 aromatic heterocycles. The van der Waals surface area contributed by atoms with E-state index in [1.807, 2.05) is 19.2 Å². The molecule has 0 aliphatic heterocycles. The first kappa shape index (κ1) is 10.1. The van der Waals surface area contributed by atoms with E-state index in [4.69, 9.17) is 0 Å². The summed E-state index contributed by atoms with van der Waals surface area (Å²) in [7, 11) is 1.75. The molecule has 72 valence electrons. The Bertz CT molecular complexity index is 282. The molecule has 0 radical (unpaired) electrons. The van der Waals surface area contributed by atoms with Crippen LogP contribution in [0.1, 0.15) is 13.8 Å². The molecule has 0 bridgehead atoms. The van der Waals surface area contributed by atoms with Crippen LogP contribution < -0.4 is 10.6 Å². The van der Waals surface area contributed by atoms with Crippen molar-refractivity contribution < 1.29 is 4.79 Å². The molecule has 0 aromatic carbocycles. The predicted octanol–water partition coefficient (Wildman–Crippen LogP) is 1.08. The molecule has 1 amide bonds. The third kappa shape index (κ3) is 2.50.